The molecule has 0 aromatic rings. The summed E-state index contributed by atoms with van der Waals surface area (Å²) in [5.74, 6) is 7.99. The predicted octanol–water partition coefficient (Wildman–Crippen LogP) is 1.52. The largest absolute Gasteiger partial charge is 0.396 e. The van der Waals surface area contributed by atoms with Gasteiger partial charge in [0.2, 0.25) is 0 Å². The van der Waals surface area contributed by atoms with Crippen molar-refractivity contribution in [3.8, 4) is 11.8 Å². The molecule has 0 aliphatic rings. The minimum atomic E-state index is 0.312. The second-order valence-electron chi connectivity index (χ2n) is 1.87. The Labute approximate surface area is 67.2 Å². The van der Waals surface area contributed by atoms with Crippen LogP contribution < -0.4 is 0 Å². The van der Waals surface area contributed by atoms with Gasteiger partial charge in [0.15, 0.2) is 0 Å². The third-order valence-corrected chi connectivity index (χ3v) is 2.07. The molecule has 0 rings (SSSR count). The van der Waals surface area contributed by atoms with E-state index in [1.807, 2.05) is 18.7 Å². The van der Waals surface area contributed by atoms with Gasteiger partial charge in [-0.15, -0.1) is 11.8 Å². The third kappa shape index (κ3) is 7.87. The molecule has 0 unspecified atom stereocenters. The van der Waals surface area contributed by atoms with Crippen molar-refractivity contribution in [2.75, 3.05) is 18.1 Å². The van der Waals surface area contributed by atoms with Gasteiger partial charge in [0, 0.05) is 18.8 Å². The summed E-state index contributed by atoms with van der Waals surface area (Å²) in [6.07, 6.45) is 1.89. The van der Waals surface area contributed by atoms with Crippen LogP contribution >= 0.6 is 11.8 Å². The standard InChI is InChI=1S/C8H14OS/c1-2-3-4-7-10-8-5-6-9/h9H,4-8H2,1H3. The molecule has 2 heteroatoms. The fraction of sp³-hybridized carbons (Fsp3) is 0.750. The maximum absolute atomic E-state index is 8.43. The summed E-state index contributed by atoms with van der Waals surface area (Å²) < 4.78 is 0. The number of thioether (sulfide) groups is 1. The zero-order valence-electron chi connectivity index (χ0n) is 6.39. The van der Waals surface area contributed by atoms with Gasteiger partial charge in [-0.3, -0.25) is 0 Å². The highest BCUT2D eigenvalue weighted by molar-refractivity contribution is 7.99. The molecule has 0 heterocycles. The third-order valence-electron chi connectivity index (χ3n) is 0.995. The summed E-state index contributed by atoms with van der Waals surface area (Å²) in [6, 6.07) is 0. The number of aliphatic hydroxyl groups excluding tert-OH is 1. The number of rotatable bonds is 5. The molecule has 0 spiro atoms. The Morgan fingerprint density at radius 1 is 1.40 bits per heavy atom. The van der Waals surface area contributed by atoms with Gasteiger partial charge in [0.05, 0.1) is 0 Å². The lowest BCUT2D eigenvalue weighted by molar-refractivity contribution is 0.296. The second-order valence-corrected chi connectivity index (χ2v) is 3.09. The first kappa shape index (κ1) is 9.87. The van der Waals surface area contributed by atoms with Gasteiger partial charge in [-0.05, 0) is 19.1 Å². The van der Waals surface area contributed by atoms with E-state index in [0.29, 0.717) is 6.61 Å². The van der Waals surface area contributed by atoms with E-state index in [0.717, 1.165) is 24.3 Å². The fourth-order valence-electron chi connectivity index (χ4n) is 0.517. The van der Waals surface area contributed by atoms with Crippen molar-refractivity contribution in [3.63, 3.8) is 0 Å². The van der Waals surface area contributed by atoms with Crippen molar-refractivity contribution in [3.05, 3.63) is 0 Å². The summed E-state index contributed by atoms with van der Waals surface area (Å²) in [6.45, 7) is 2.17. The molecule has 0 saturated carbocycles. The molecule has 0 aromatic heterocycles. The summed E-state index contributed by atoms with van der Waals surface area (Å²) in [7, 11) is 0. The Morgan fingerprint density at radius 3 is 2.80 bits per heavy atom. The monoisotopic (exact) mass is 158 g/mol. The van der Waals surface area contributed by atoms with Crippen LogP contribution in [0.3, 0.4) is 0 Å². The molecular formula is C8H14OS. The molecule has 10 heavy (non-hydrogen) atoms. The molecule has 1 N–H and O–H groups in total. The molecule has 1 nitrogen and oxygen atoms in total. The first-order valence-corrected chi connectivity index (χ1v) is 4.65. The van der Waals surface area contributed by atoms with Gasteiger partial charge in [-0.25, -0.2) is 0 Å². The zero-order valence-corrected chi connectivity index (χ0v) is 7.21. The quantitative estimate of drug-likeness (QED) is 0.483. The van der Waals surface area contributed by atoms with Crippen LogP contribution in [0.5, 0.6) is 0 Å². The Balaban J connectivity index is 2.82. The van der Waals surface area contributed by atoms with Crippen LogP contribution in [0.2, 0.25) is 0 Å². The Morgan fingerprint density at radius 2 is 2.20 bits per heavy atom. The normalized spacial score (nSPS) is 8.60. The molecule has 58 valence electrons. The minimum Gasteiger partial charge on any atom is -0.396 e. The van der Waals surface area contributed by atoms with Crippen LogP contribution in [-0.2, 0) is 0 Å². The molecule has 0 aliphatic heterocycles. The number of hydrogen-bond donors (Lipinski definition) is 1. The van der Waals surface area contributed by atoms with Gasteiger partial charge in [0.25, 0.3) is 0 Å². The van der Waals surface area contributed by atoms with Crippen molar-refractivity contribution in [2.24, 2.45) is 0 Å². The smallest absolute Gasteiger partial charge is 0.0438 e. The van der Waals surface area contributed by atoms with Crippen molar-refractivity contribution < 1.29 is 5.11 Å². The molecular weight excluding hydrogens is 144 g/mol. The first-order chi connectivity index (χ1) is 4.91. The fourth-order valence-corrected chi connectivity index (χ4v) is 1.30. The van der Waals surface area contributed by atoms with Gasteiger partial charge in [-0.2, -0.15) is 11.8 Å². The van der Waals surface area contributed by atoms with Crippen molar-refractivity contribution in [2.45, 2.75) is 19.8 Å². The minimum absolute atomic E-state index is 0.312. The lowest BCUT2D eigenvalue weighted by atomic mass is 10.5. The summed E-state index contributed by atoms with van der Waals surface area (Å²) in [5, 5.41) is 8.43. The highest BCUT2D eigenvalue weighted by atomic mass is 32.2. The Kier molecular flexibility index (Phi) is 8.75. The SMILES string of the molecule is CC#CCCSCCCO. The van der Waals surface area contributed by atoms with Crippen LogP contribution in [0, 0.1) is 11.8 Å². The van der Waals surface area contributed by atoms with Crippen LogP contribution in [0.1, 0.15) is 19.8 Å². The molecule has 0 aromatic carbocycles. The molecule has 0 radical (unpaired) electrons. The molecule has 0 bridgehead atoms. The van der Waals surface area contributed by atoms with Crippen LogP contribution in [0.15, 0.2) is 0 Å². The van der Waals surface area contributed by atoms with E-state index in [1.54, 1.807) is 0 Å². The van der Waals surface area contributed by atoms with Gasteiger partial charge in [-0.1, -0.05) is 0 Å². The average Bonchev–Trinajstić information content (AvgIpc) is 1.97. The molecule has 0 saturated heterocycles. The van der Waals surface area contributed by atoms with E-state index in [2.05, 4.69) is 11.8 Å². The molecule has 0 aliphatic carbocycles. The Hall–Kier alpha value is -0.130. The highest BCUT2D eigenvalue weighted by Gasteiger charge is 1.85. The van der Waals surface area contributed by atoms with Crippen LogP contribution in [0.25, 0.3) is 0 Å². The summed E-state index contributed by atoms with van der Waals surface area (Å²) >= 11 is 1.86. The zero-order chi connectivity index (χ0) is 7.66. The van der Waals surface area contributed by atoms with E-state index >= 15 is 0 Å². The molecule has 0 fully saturated rings. The van der Waals surface area contributed by atoms with E-state index < -0.39 is 0 Å². The van der Waals surface area contributed by atoms with E-state index in [9.17, 15) is 0 Å². The van der Waals surface area contributed by atoms with Crippen molar-refractivity contribution >= 4 is 11.8 Å². The van der Waals surface area contributed by atoms with E-state index in [1.165, 1.54) is 0 Å². The van der Waals surface area contributed by atoms with Gasteiger partial charge in [0.1, 0.15) is 0 Å². The Bertz CT molecular complexity index is 112. The summed E-state index contributed by atoms with van der Waals surface area (Å²) in [5.41, 5.74) is 0. The summed E-state index contributed by atoms with van der Waals surface area (Å²) in [4.78, 5) is 0. The second kappa shape index (κ2) is 8.87. The van der Waals surface area contributed by atoms with E-state index in [-0.39, 0.29) is 0 Å². The number of aliphatic hydroxyl groups is 1. The average molecular weight is 158 g/mol. The van der Waals surface area contributed by atoms with Crippen LogP contribution in [-0.4, -0.2) is 23.2 Å². The molecule has 0 atom stereocenters. The van der Waals surface area contributed by atoms with Gasteiger partial charge >= 0.3 is 0 Å². The lowest BCUT2D eigenvalue weighted by Crippen LogP contribution is -1.86. The molecule has 0 amide bonds. The topological polar surface area (TPSA) is 20.2 Å². The van der Waals surface area contributed by atoms with Crippen molar-refractivity contribution in [1.29, 1.82) is 0 Å². The van der Waals surface area contributed by atoms with Crippen LogP contribution in [0.4, 0.5) is 0 Å². The van der Waals surface area contributed by atoms with Crippen molar-refractivity contribution in [1.82, 2.24) is 0 Å². The van der Waals surface area contributed by atoms with Gasteiger partial charge < -0.3 is 5.11 Å². The predicted molar refractivity (Wildman–Crippen MR) is 47.1 cm³/mol. The first-order valence-electron chi connectivity index (χ1n) is 3.50. The lowest BCUT2D eigenvalue weighted by Gasteiger charge is -1.94. The van der Waals surface area contributed by atoms with E-state index in [4.69, 9.17) is 5.11 Å². The maximum atomic E-state index is 8.43. The highest BCUT2D eigenvalue weighted by Crippen LogP contribution is 2.02. The maximum Gasteiger partial charge on any atom is 0.0438 e. The number of hydrogen-bond acceptors (Lipinski definition) is 2.